The maximum absolute atomic E-state index is 10.5. The van der Waals surface area contributed by atoms with Gasteiger partial charge in [0.05, 0.1) is 6.10 Å². The summed E-state index contributed by atoms with van der Waals surface area (Å²) in [5.41, 5.74) is 6.43. The second-order valence-corrected chi connectivity index (χ2v) is 5.74. The van der Waals surface area contributed by atoms with Crippen LogP contribution in [0.1, 0.15) is 33.9 Å². The fourth-order valence-corrected chi connectivity index (χ4v) is 3.14. The Labute approximate surface area is 114 Å². The molecule has 0 saturated carbocycles. The average Bonchev–Trinajstić information content (AvgIpc) is 2.72. The average molecular weight is 252 g/mol. The Morgan fingerprint density at radius 1 is 1.11 bits per heavy atom. The molecule has 1 nitrogen and oxygen atoms in total. The molecule has 0 aliphatic heterocycles. The number of hydrogen-bond acceptors (Lipinski definition) is 1. The predicted octanol–water partition coefficient (Wildman–Crippen LogP) is 3.75. The summed E-state index contributed by atoms with van der Waals surface area (Å²) in [6.45, 7) is 4.28. The van der Waals surface area contributed by atoms with Crippen molar-refractivity contribution in [3.8, 4) is 0 Å². The van der Waals surface area contributed by atoms with Gasteiger partial charge in [0.2, 0.25) is 0 Å². The minimum absolute atomic E-state index is 0.309. The van der Waals surface area contributed by atoms with E-state index in [1.165, 1.54) is 22.3 Å². The molecule has 1 aliphatic carbocycles. The smallest absolute Gasteiger partial charge is 0.0827 e. The summed E-state index contributed by atoms with van der Waals surface area (Å²) in [7, 11) is 0. The zero-order valence-electron chi connectivity index (χ0n) is 11.6. The Morgan fingerprint density at radius 2 is 1.89 bits per heavy atom. The normalized spacial score (nSPS) is 21.4. The van der Waals surface area contributed by atoms with Gasteiger partial charge in [0, 0.05) is 0 Å². The molecule has 0 aromatic heterocycles. The third-order valence-electron chi connectivity index (χ3n) is 4.29. The minimum atomic E-state index is -0.309. The molecule has 3 rings (SSSR count). The van der Waals surface area contributed by atoms with Crippen molar-refractivity contribution in [1.82, 2.24) is 0 Å². The molecule has 2 aromatic carbocycles. The van der Waals surface area contributed by atoms with Crippen LogP contribution in [0.5, 0.6) is 0 Å². The maximum Gasteiger partial charge on any atom is 0.0827 e. The van der Waals surface area contributed by atoms with Crippen LogP contribution in [0.2, 0.25) is 0 Å². The fourth-order valence-electron chi connectivity index (χ4n) is 3.14. The zero-order valence-corrected chi connectivity index (χ0v) is 11.6. The first kappa shape index (κ1) is 12.4. The van der Waals surface area contributed by atoms with E-state index in [-0.39, 0.29) is 6.10 Å². The van der Waals surface area contributed by atoms with Gasteiger partial charge in [0.15, 0.2) is 0 Å². The summed E-state index contributed by atoms with van der Waals surface area (Å²) in [6, 6.07) is 14.9. The molecule has 0 amide bonds. The summed E-state index contributed by atoms with van der Waals surface area (Å²) >= 11 is 0. The molecule has 2 unspecified atom stereocenters. The summed E-state index contributed by atoms with van der Waals surface area (Å²) in [4.78, 5) is 0. The van der Waals surface area contributed by atoms with Crippen molar-refractivity contribution in [3.05, 3.63) is 70.3 Å². The Balaban J connectivity index is 1.85. The summed E-state index contributed by atoms with van der Waals surface area (Å²) in [5.74, 6) is 0.317. The van der Waals surface area contributed by atoms with Crippen LogP contribution in [0, 0.1) is 19.8 Å². The monoisotopic (exact) mass is 252 g/mol. The van der Waals surface area contributed by atoms with Crippen LogP contribution in [0.4, 0.5) is 0 Å². The van der Waals surface area contributed by atoms with Crippen LogP contribution in [0.15, 0.2) is 42.5 Å². The van der Waals surface area contributed by atoms with E-state index in [0.717, 1.165) is 18.4 Å². The van der Waals surface area contributed by atoms with Gasteiger partial charge in [-0.3, -0.25) is 0 Å². The van der Waals surface area contributed by atoms with Crippen molar-refractivity contribution in [2.24, 2.45) is 5.92 Å². The highest BCUT2D eigenvalue weighted by molar-refractivity contribution is 5.37. The fraction of sp³-hybridized carbons (Fsp3) is 0.333. The molecule has 0 fully saturated rings. The van der Waals surface area contributed by atoms with Gasteiger partial charge in [0.1, 0.15) is 0 Å². The zero-order chi connectivity index (χ0) is 13.4. The van der Waals surface area contributed by atoms with E-state index in [4.69, 9.17) is 0 Å². The number of aliphatic hydroxyl groups excluding tert-OH is 1. The lowest BCUT2D eigenvalue weighted by Crippen LogP contribution is -2.11. The Bertz CT molecular complexity index is 600. The second-order valence-electron chi connectivity index (χ2n) is 5.74. The number of aliphatic hydroxyl groups is 1. The van der Waals surface area contributed by atoms with Crippen LogP contribution in [0.3, 0.4) is 0 Å². The molecule has 1 N–H and O–H groups in total. The van der Waals surface area contributed by atoms with E-state index in [1.807, 2.05) is 6.07 Å². The highest BCUT2D eigenvalue weighted by atomic mass is 16.3. The van der Waals surface area contributed by atoms with Crippen molar-refractivity contribution in [2.45, 2.75) is 32.8 Å². The van der Waals surface area contributed by atoms with Gasteiger partial charge < -0.3 is 5.11 Å². The van der Waals surface area contributed by atoms with Crippen molar-refractivity contribution < 1.29 is 5.11 Å². The summed E-state index contributed by atoms with van der Waals surface area (Å²) in [5, 5.41) is 10.5. The molecule has 0 bridgehead atoms. The number of aryl methyl sites for hydroxylation is 2. The summed E-state index contributed by atoms with van der Waals surface area (Å²) < 4.78 is 0. The van der Waals surface area contributed by atoms with Gasteiger partial charge in [-0.1, -0.05) is 48.0 Å². The van der Waals surface area contributed by atoms with Crippen molar-refractivity contribution in [2.75, 3.05) is 0 Å². The van der Waals surface area contributed by atoms with Gasteiger partial charge in [-0.05, 0) is 54.9 Å². The van der Waals surface area contributed by atoms with E-state index in [2.05, 4.69) is 50.2 Å². The topological polar surface area (TPSA) is 20.2 Å². The highest BCUT2D eigenvalue weighted by Crippen LogP contribution is 2.38. The molecule has 0 heterocycles. The van der Waals surface area contributed by atoms with E-state index < -0.39 is 0 Å². The van der Waals surface area contributed by atoms with Gasteiger partial charge in [-0.25, -0.2) is 0 Å². The molecule has 0 radical (unpaired) electrons. The van der Waals surface area contributed by atoms with Gasteiger partial charge in [-0.15, -0.1) is 0 Å². The first-order chi connectivity index (χ1) is 9.15. The van der Waals surface area contributed by atoms with E-state index in [9.17, 15) is 5.11 Å². The Morgan fingerprint density at radius 3 is 2.68 bits per heavy atom. The number of fused-ring (bicyclic) bond motifs is 1. The number of hydrogen-bond donors (Lipinski definition) is 1. The number of rotatable bonds is 2. The molecule has 98 valence electrons. The van der Waals surface area contributed by atoms with Gasteiger partial charge >= 0.3 is 0 Å². The van der Waals surface area contributed by atoms with Crippen LogP contribution in [0.25, 0.3) is 0 Å². The molecule has 1 aliphatic rings. The largest absolute Gasteiger partial charge is 0.388 e. The van der Waals surface area contributed by atoms with Gasteiger partial charge in [-0.2, -0.15) is 0 Å². The van der Waals surface area contributed by atoms with E-state index in [1.54, 1.807) is 0 Å². The molecule has 0 spiro atoms. The first-order valence-corrected chi connectivity index (χ1v) is 6.97. The third kappa shape index (κ3) is 2.31. The van der Waals surface area contributed by atoms with Crippen molar-refractivity contribution in [3.63, 3.8) is 0 Å². The van der Waals surface area contributed by atoms with Crippen molar-refractivity contribution >= 4 is 0 Å². The van der Waals surface area contributed by atoms with E-state index in [0.29, 0.717) is 5.92 Å². The highest BCUT2D eigenvalue weighted by Gasteiger charge is 2.30. The SMILES string of the molecule is Cc1ccc(C)c(CC2Cc3ccccc3C2O)c1. The first-order valence-electron chi connectivity index (χ1n) is 6.97. The molecule has 1 heteroatoms. The van der Waals surface area contributed by atoms with Crippen molar-refractivity contribution in [1.29, 1.82) is 0 Å². The lowest BCUT2D eigenvalue weighted by atomic mass is 9.91. The van der Waals surface area contributed by atoms with E-state index >= 15 is 0 Å². The summed E-state index contributed by atoms with van der Waals surface area (Å²) in [6.07, 6.45) is 1.64. The number of benzene rings is 2. The molecule has 2 aromatic rings. The third-order valence-corrected chi connectivity index (χ3v) is 4.29. The van der Waals surface area contributed by atoms with Crippen LogP contribution in [-0.2, 0) is 12.8 Å². The van der Waals surface area contributed by atoms with Gasteiger partial charge in [0.25, 0.3) is 0 Å². The Kier molecular flexibility index (Phi) is 3.16. The predicted molar refractivity (Wildman–Crippen MR) is 78.2 cm³/mol. The quantitative estimate of drug-likeness (QED) is 0.863. The van der Waals surface area contributed by atoms with Crippen LogP contribution in [-0.4, -0.2) is 5.11 Å². The second kappa shape index (κ2) is 4.82. The minimum Gasteiger partial charge on any atom is -0.388 e. The molecule has 0 saturated heterocycles. The molecule has 19 heavy (non-hydrogen) atoms. The van der Waals surface area contributed by atoms with Crippen LogP contribution < -0.4 is 0 Å². The standard InChI is InChI=1S/C18H20O/c1-12-7-8-13(2)15(9-12)11-16-10-14-5-3-4-6-17(14)18(16)19/h3-9,16,18-19H,10-11H2,1-2H3. The maximum atomic E-state index is 10.5. The molecular weight excluding hydrogens is 232 g/mol. The lowest BCUT2D eigenvalue weighted by molar-refractivity contribution is 0.123. The molecular formula is C18H20O. The lowest BCUT2D eigenvalue weighted by Gasteiger charge is -2.17. The Hall–Kier alpha value is -1.60. The van der Waals surface area contributed by atoms with Crippen LogP contribution >= 0.6 is 0 Å². The molecule has 2 atom stereocenters.